The molecule has 0 bridgehead atoms. The second-order valence-electron chi connectivity index (χ2n) is 7.05. The summed E-state index contributed by atoms with van der Waals surface area (Å²) in [5.74, 6) is -1.02. The molecule has 0 aliphatic carbocycles. The summed E-state index contributed by atoms with van der Waals surface area (Å²) in [6.45, 7) is 2.18. The summed E-state index contributed by atoms with van der Waals surface area (Å²) in [7, 11) is 0. The fraction of sp³-hybridized carbons (Fsp3) is 0.160. The van der Waals surface area contributed by atoms with Crippen molar-refractivity contribution >= 4 is 21.5 Å². The van der Waals surface area contributed by atoms with Gasteiger partial charge in [-0.3, -0.25) is 0 Å². The maximum atomic E-state index is 15.3. The molecule has 0 atom stereocenters. The van der Waals surface area contributed by atoms with Crippen molar-refractivity contribution in [2.75, 3.05) is 0 Å². The third-order valence-electron chi connectivity index (χ3n) is 5.24. The van der Waals surface area contributed by atoms with Crippen LogP contribution in [0, 0.1) is 23.0 Å². The maximum absolute atomic E-state index is 15.3. The number of benzene rings is 4. The lowest BCUT2D eigenvalue weighted by Gasteiger charge is -2.11. The summed E-state index contributed by atoms with van der Waals surface area (Å²) in [5, 5.41) is 12.3. The number of nitrogens with zero attached hydrogens (tertiary/aromatic N) is 1. The van der Waals surface area contributed by atoms with Gasteiger partial charge < -0.3 is 0 Å². The monoisotopic (exact) mass is 371 g/mol. The number of halogens is 2. The number of aryl methyl sites for hydroxylation is 1. The second-order valence-corrected chi connectivity index (χ2v) is 7.05. The van der Waals surface area contributed by atoms with E-state index >= 15 is 4.39 Å². The molecule has 0 heterocycles. The molecule has 4 aromatic rings. The topological polar surface area (TPSA) is 23.8 Å². The van der Waals surface area contributed by atoms with Gasteiger partial charge in [0.25, 0.3) is 0 Å². The minimum atomic E-state index is -0.641. The van der Waals surface area contributed by atoms with Crippen LogP contribution >= 0.6 is 0 Å². The highest BCUT2D eigenvalue weighted by Crippen LogP contribution is 2.34. The lowest BCUT2D eigenvalue weighted by Crippen LogP contribution is -1.91. The van der Waals surface area contributed by atoms with Crippen molar-refractivity contribution in [3.05, 3.63) is 83.4 Å². The molecular formula is C25H19F2N. The van der Waals surface area contributed by atoms with Gasteiger partial charge in [-0.25, -0.2) is 8.78 Å². The Bertz CT molecular complexity index is 1230. The Morgan fingerprint density at radius 3 is 2.39 bits per heavy atom. The van der Waals surface area contributed by atoms with Crippen LogP contribution in [0.2, 0.25) is 0 Å². The molecule has 138 valence electrons. The fourth-order valence-electron chi connectivity index (χ4n) is 3.69. The van der Waals surface area contributed by atoms with Gasteiger partial charge in [0.2, 0.25) is 0 Å². The molecule has 28 heavy (non-hydrogen) atoms. The molecule has 0 aromatic heterocycles. The van der Waals surface area contributed by atoms with E-state index in [0.29, 0.717) is 16.5 Å². The summed E-state index contributed by atoms with van der Waals surface area (Å²) in [5.41, 5.74) is 1.99. The van der Waals surface area contributed by atoms with Gasteiger partial charge in [-0.15, -0.1) is 0 Å². The third kappa shape index (κ3) is 3.12. The van der Waals surface area contributed by atoms with Gasteiger partial charge in [0.15, 0.2) is 0 Å². The van der Waals surface area contributed by atoms with E-state index in [1.165, 1.54) is 17.7 Å². The Labute approximate surface area is 162 Å². The van der Waals surface area contributed by atoms with Crippen molar-refractivity contribution in [2.24, 2.45) is 0 Å². The first-order chi connectivity index (χ1) is 13.6. The first kappa shape index (κ1) is 18.1. The highest BCUT2D eigenvalue weighted by atomic mass is 19.1. The molecule has 0 radical (unpaired) electrons. The van der Waals surface area contributed by atoms with Crippen LogP contribution in [0.4, 0.5) is 8.78 Å². The molecule has 0 saturated carbocycles. The lowest BCUT2D eigenvalue weighted by atomic mass is 9.95. The van der Waals surface area contributed by atoms with Crippen LogP contribution in [0.3, 0.4) is 0 Å². The van der Waals surface area contributed by atoms with Crippen molar-refractivity contribution in [3.8, 4) is 17.2 Å². The van der Waals surface area contributed by atoms with Crippen LogP contribution < -0.4 is 0 Å². The standard InChI is InChI=1S/C25H19F2N/c1-2-3-4-16-5-9-20-17(13-16)8-10-23-22(20)12-11-21(25(23)27)18-6-7-19(15-28)24(26)14-18/h5-14H,2-4H2,1H3. The summed E-state index contributed by atoms with van der Waals surface area (Å²) in [6.07, 6.45) is 3.35. The van der Waals surface area contributed by atoms with E-state index in [2.05, 4.69) is 25.1 Å². The van der Waals surface area contributed by atoms with Crippen LogP contribution in [-0.4, -0.2) is 0 Å². The predicted octanol–water partition coefficient (Wildman–Crippen LogP) is 7.15. The van der Waals surface area contributed by atoms with Gasteiger partial charge in [0, 0.05) is 10.9 Å². The van der Waals surface area contributed by atoms with Gasteiger partial charge in [0.05, 0.1) is 5.56 Å². The summed E-state index contributed by atoms with van der Waals surface area (Å²) in [4.78, 5) is 0. The Hall–Kier alpha value is -3.25. The van der Waals surface area contributed by atoms with Crippen LogP contribution in [0.15, 0.2) is 60.7 Å². The zero-order chi connectivity index (χ0) is 19.7. The quantitative estimate of drug-likeness (QED) is 0.349. The normalized spacial score (nSPS) is 11.1. The van der Waals surface area contributed by atoms with E-state index in [-0.39, 0.29) is 11.4 Å². The zero-order valence-electron chi connectivity index (χ0n) is 15.6. The van der Waals surface area contributed by atoms with Crippen LogP contribution in [-0.2, 0) is 6.42 Å². The lowest BCUT2D eigenvalue weighted by molar-refractivity contribution is 0.623. The van der Waals surface area contributed by atoms with E-state index in [9.17, 15) is 4.39 Å². The second kappa shape index (κ2) is 7.40. The molecule has 0 aliphatic heterocycles. The van der Waals surface area contributed by atoms with Crippen molar-refractivity contribution in [1.82, 2.24) is 0 Å². The maximum Gasteiger partial charge on any atom is 0.141 e. The smallest absolute Gasteiger partial charge is 0.141 e. The van der Waals surface area contributed by atoms with Crippen molar-refractivity contribution in [3.63, 3.8) is 0 Å². The van der Waals surface area contributed by atoms with Crippen molar-refractivity contribution < 1.29 is 8.78 Å². The SMILES string of the molecule is CCCCc1ccc2c(ccc3c(F)c(-c4ccc(C#N)c(F)c4)ccc32)c1. The molecule has 0 saturated heterocycles. The largest absolute Gasteiger partial charge is 0.206 e. The molecule has 4 aromatic carbocycles. The summed E-state index contributed by atoms with van der Waals surface area (Å²) in [6, 6.07) is 19.6. The first-order valence-electron chi connectivity index (χ1n) is 9.46. The number of nitriles is 1. The molecule has 0 amide bonds. The number of hydrogen-bond donors (Lipinski definition) is 0. The van der Waals surface area contributed by atoms with Gasteiger partial charge in [-0.2, -0.15) is 5.26 Å². The third-order valence-corrected chi connectivity index (χ3v) is 5.24. The van der Waals surface area contributed by atoms with Gasteiger partial charge >= 0.3 is 0 Å². The van der Waals surface area contributed by atoms with Crippen molar-refractivity contribution in [1.29, 1.82) is 5.26 Å². The number of fused-ring (bicyclic) bond motifs is 3. The van der Waals surface area contributed by atoms with E-state index < -0.39 is 5.82 Å². The number of rotatable bonds is 4. The Morgan fingerprint density at radius 1 is 0.857 bits per heavy atom. The molecule has 3 heteroatoms. The Morgan fingerprint density at radius 2 is 1.64 bits per heavy atom. The first-order valence-corrected chi connectivity index (χ1v) is 9.46. The molecule has 0 spiro atoms. The Balaban J connectivity index is 1.84. The fourth-order valence-corrected chi connectivity index (χ4v) is 3.69. The molecule has 0 N–H and O–H groups in total. The average molecular weight is 371 g/mol. The number of hydrogen-bond acceptors (Lipinski definition) is 1. The number of unbranched alkanes of at least 4 members (excludes halogenated alkanes) is 1. The van der Waals surface area contributed by atoms with Gasteiger partial charge in [-0.1, -0.05) is 61.9 Å². The zero-order valence-corrected chi connectivity index (χ0v) is 15.6. The van der Waals surface area contributed by atoms with Gasteiger partial charge in [0.1, 0.15) is 17.7 Å². The highest BCUT2D eigenvalue weighted by molar-refractivity contribution is 6.08. The van der Waals surface area contributed by atoms with Crippen LogP contribution in [0.5, 0.6) is 0 Å². The summed E-state index contributed by atoms with van der Waals surface area (Å²) < 4.78 is 29.2. The molecule has 0 aliphatic rings. The summed E-state index contributed by atoms with van der Waals surface area (Å²) >= 11 is 0. The van der Waals surface area contributed by atoms with Crippen LogP contribution in [0.1, 0.15) is 30.9 Å². The van der Waals surface area contributed by atoms with E-state index in [1.807, 2.05) is 12.1 Å². The highest BCUT2D eigenvalue weighted by Gasteiger charge is 2.13. The molecular weight excluding hydrogens is 352 g/mol. The Kier molecular flexibility index (Phi) is 4.79. The van der Waals surface area contributed by atoms with Crippen LogP contribution in [0.25, 0.3) is 32.7 Å². The van der Waals surface area contributed by atoms with E-state index in [1.54, 1.807) is 24.3 Å². The van der Waals surface area contributed by atoms with Crippen molar-refractivity contribution in [2.45, 2.75) is 26.2 Å². The molecule has 0 fully saturated rings. The molecule has 0 unspecified atom stereocenters. The van der Waals surface area contributed by atoms with E-state index in [4.69, 9.17) is 5.26 Å². The van der Waals surface area contributed by atoms with E-state index in [0.717, 1.165) is 35.4 Å². The molecule has 1 nitrogen and oxygen atoms in total. The minimum absolute atomic E-state index is 0.0465. The minimum Gasteiger partial charge on any atom is -0.206 e. The van der Waals surface area contributed by atoms with Gasteiger partial charge in [-0.05, 0) is 52.3 Å². The predicted molar refractivity (Wildman–Crippen MR) is 110 cm³/mol. The average Bonchev–Trinajstić information content (AvgIpc) is 2.72. The molecule has 4 rings (SSSR count).